The van der Waals surface area contributed by atoms with Gasteiger partial charge in [-0.15, -0.1) is 0 Å². The summed E-state index contributed by atoms with van der Waals surface area (Å²) in [7, 11) is 1.40. The number of ether oxygens (including phenoxy) is 2. The molecular weight excluding hydrogens is 144 g/mol. The van der Waals surface area contributed by atoms with Gasteiger partial charge in [-0.2, -0.15) is 0 Å². The van der Waals surface area contributed by atoms with E-state index in [1.54, 1.807) is 0 Å². The Hall–Kier alpha value is -0.570. The molecule has 0 amide bonds. The largest absolute Gasteiger partial charge is 0.467 e. The fourth-order valence-corrected chi connectivity index (χ4v) is 1.82. The maximum absolute atomic E-state index is 11.0. The van der Waals surface area contributed by atoms with Gasteiger partial charge >= 0.3 is 5.97 Å². The molecule has 1 aliphatic carbocycles. The first-order valence-electron chi connectivity index (χ1n) is 3.96. The van der Waals surface area contributed by atoms with Crippen LogP contribution in [0.4, 0.5) is 0 Å². The molecule has 0 bridgehead atoms. The van der Waals surface area contributed by atoms with Gasteiger partial charge in [0.1, 0.15) is 5.60 Å². The highest BCUT2D eigenvalue weighted by atomic mass is 16.7. The van der Waals surface area contributed by atoms with Crippen LogP contribution in [0.25, 0.3) is 0 Å². The lowest BCUT2D eigenvalue weighted by Gasteiger charge is -2.30. The second-order valence-corrected chi connectivity index (χ2v) is 3.42. The van der Waals surface area contributed by atoms with Crippen molar-refractivity contribution in [3.8, 4) is 0 Å². The lowest BCUT2D eigenvalue weighted by atomic mass is 9.72. The summed E-state index contributed by atoms with van der Waals surface area (Å²) in [5.41, 5.74) is -0.104. The SMILES string of the molecule is COC(=O)C1OC12CCC2C. The van der Waals surface area contributed by atoms with Crippen LogP contribution in [0.15, 0.2) is 0 Å². The Labute approximate surface area is 65.7 Å². The molecule has 0 aromatic heterocycles. The molecule has 1 aliphatic heterocycles. The molecule has 1 heterocycles. The van der Waals surface area contributed by atoms with Gasteiger partial charge in [-0.05, 0) is 18.8 Å². The van der Waals surface area contributed by atoms with E-state index in [0.29, 0.717) is 5.92 Å². The van der Waals surface area contributed by atoms with Crippen LogP contribution in [0.3, 0.4) is 0 Å². The average molecular weight is 156 g/mol. The van der Waals surface area contributed by atoms with Crippen molar-refractivity contribution in [2.24, 2.45) is 5.92 Å². The van der Waals surface area contributed by atoms with Crippen molar-refractivity contribution in [2.45, 2.75) is 31.5 Å². The Kier molecular flexibility index (Phi) is 1.27. The van der Waals surface area contributed by atoms with E-state index in [-0.39, 0.29) is 17.7 Å². The Morgan fingerprint density at radius 1 is 1.73 bits per heavy atom. The van der Waals surface area contributed by atoms with E-state index in [1.807, 2.05) is 0 Å². The third-order valence-electron chi connectivity index (χ3n) is 2.94. The minimum absolute atomic E-state index is 0.104. The smallest absolute Gasteiger partial charge is 0.338 e. The Morgan fingerprint density at radius 3 is 2.73 bits per heavy atom. The summed E-state index contributed by atoms with van der Waals surface area (Å²) in [6, 6.07) is 0. The number of hydrogen-bond donors (Lipinski definition) is 0. The highest BCUT2D eigenvalue weighted by Crippen LogP contribution is 2.56. The Bertz CT molecular complexity index is 202. The minimum atomic E-state index is -0.253. The number of methoxy groups -OCH3 is 1. The van der Waals surface area contributed by atoms with Crippen LogP contribution >= 0.6 is 0 Å². The van der Waals surface area contributed by atoms with Gasteiger partial charge < -0.3 is 9.47 Å². The van der Waals surface area contributed by atoms with Crippen LogP contribution in [-0.2, 0) is 14.3 Å². The zero-order valence-electron chi connectivity index (χ0n) is 6.79. The van der Waals surface area contributed by atoms with E-state index >= 15 is 0 Å². The van der Waals surface area contributed by atoms with Gasteiger partial charge in [0.2, 0.25) is 0 Å². The highest BCUT2D eigenvalue weighted by Gasteiger charge is 2.68. The number of hydrogen-bond acceptors (Lipinski definition) is 3. The third-order valence-corrected chi connectivity index (χ3v) is 2.94. The Balaban J connectivity index is 1.99. The zero-order chi connectivity index (χ0) is 8.06. The predicted octanol–water partition coefficient (Wildman–Crippen LogP) is 0.727. The molecule has 3 atom stereocenters. The first-order chi connectivity index (χ1) is 5.20. The first kappa shape index (κ1) is 7.10. The lowest BCUT2D eigenvalue weighted by Crippen LogP contribution is -2.37. The molecule has 1 spiro atoms. The summed E-state index contributed by atoms with van der Waals surface area (Å²) in [6.45, 7) is 2.12. The van der Waals surface area contributed by atoms with E-state index in [2.05, 4.69) is 11.7 Å². The molecule has 2 aliphatic rings. The van der Waals surface area contributed by atoms with E-state index in [9.17, 15) is 4.79 Å². The summed E-state index contributed by atoms with van der Waals surface area (Å²) in [6.07, 6.45) is 1.94. The topological polar surface area (TPSA) is 38.8 Å². The Morgan fingerprint density at radius 2 is 2.45 bits per heavy atom. The normalized spacial score (nSPS) is 46.7. The monoisotopic (exact) mass is 156 g/mol. The second kappa shape index (κ2) is 1.97. The number of carbonyl (C=O) groups excluding carboxylic acids is 1. The van der Waals surface area contributed by atoms with Crippen molar-refractivity contribution >= 4 is 5.97 Å². The van der Waals surface area contributed by atoms with Crippen LogP contribution < -0.4 is 0 Å². The molecule has 11 heavy (non-hydrogen) atoms. The van der Waals surface area contributed by atoms with E-state index in [0.717, 1.165) is 6.42 Å². The van der Waals surface area contributed by atoms with E-state index < -0.39 is 0 Å². The molecular formula is C8H12O3. The van der Waals surface area contributed by atoms with Crippen LogP contribution in [0.1, 0.15) is 19.8 Å². The molecule has 3 heteroatoms. The molecule has 0 aromatic carbocycles. The van der Waals surface area contributed by atoms with Crippen molar-refractivity contribution in [3.05, 3.63) is 0 Å². The highest BCUT2D eigenvalue weighted by molar-refractivity contribution is 5.79. The summed E-state index contributed by atoms with van der Waals surface area (Å²) in [4.78, 5) is 11.0. The molecule has 0 radical (unpaired) electrons. The maximum Gasteiger partial charge on any atom is 0.338 e. The van der Waals surface area contributed by atoms with Crippen molar-refractivity contribution in [2.75, 3.05) is 7.11 Å². The van der Waals surface area contributed by atoms with Gasteiger partial charge in [-0.1, -0.05) is 6.92 Å². The van der Waals surface area contributed by atoms with Gasteiger partial charge in [0.25, 0.3) is 0 Å². The molecule has 0 aromatic rings. The maximum atomic E-state index is 11.0. The molecule has 2 rings (SSSR count). The second-order valence-electron chi connectivity index (χ2n) is 3.42. The van der Waals surface area contributed by atoms with Gasteiger partial charge in [-0.3, -0.25) is 0 Å². The molecule has 1 saturated carbocycles. The summed E-state index contributed by atoms with van der Waals surface area (Å²) >= 11 is 0. The quantitative estimate of drug-likeness (QED) is 0.415. The first-order valence-corrected chi connectivity index (χ1v) is 3.96. The molecule has 62 valence electrons. The predicted molar refractivity (Wildman–Crippen MR) is 38.0 cm³/mol. The summed E-state index contributed by atoms with van der Waals surface area (Å²) in [5, 5.41) is 0. The van der Waals surface area contributed by atoms with Crippen molar-refractivity contribution in [1.29, 1.82) is 0 Å². The van der Waals surface area contributed by atoms with Crippen LogP contribution in [0, 0.1) is 5.92 Å². The van der Waals surface area contributed by atoms with Crippen LogP contribution in [0.2, 0.25) is 0 Å². The van der Waals surface area contributed by atoms with Gasteiger partial charge in [0, 0.05) is 0 Å². The summed E-state index contributed by atoms with van der Waals surface area (Å²) < 4.78 is 9.92. The van der Waals surface area contributed by atoms with Crippen molar-refractivity contribution in [1.82, 2.24) is 0 Å². The van der Waals surface area contributed by atoms with Gasteiger partial charge in [-0.25, -0.2) is 4.79 Å². The minimum Gasteiger partial charge on any atom is -0.467 e. The van der Waals surface area contributed by atoms with Crippen molar-refractivity contribution in [3.63, 3.8) is 0 Å². The molecule has 1 saturated heterocycles. The number of carbonyl (C=O) groups is 1. The molecule has 2 fully saturated rings. The number of epoxide rings is 1. The number of rotatable bonds is 1. The van der Waals surface area contributed by atoms with E-state index in [4.69, 9.17) is 4.74 Å². The third kappa shape index (κ3) is 0.745. The van der Waals surface area contributed by atoms with Gasteiger partial charge in [0.15, 0.2) is 6.10 Å². The summed E-state index contributed by atoms with van der Waals surface area (Å²) in [5.74, 6) is 0.322. The lowest BCUT2D eigenvalue weighted by molar-refractivity contribution is -0.142. The van der Waals surface area contributed by atoms with E-state index in [1.165, 1.54) is 13.5 Å². The van der Waals surface area contributed by atoms with Crippen LogP contribution in [-0.4, -0.2) is 24.8 Å². The average Bonchev–Trinajstić information content (AvgIpc) is 2.77. The molecule has 3 unspecified atom stereocenters. The van der Waals surface area contributed by atoms with Crippen LogP contribution in [0.5, 0.6) is 0 Å². The fourth-order valence-electron chi connectivity index (χ4n) is 1.82. The van der Waals surface area contributed by atoms with Gasteiger partial charge in [0.05, 0.1) is 7.11 Å². The number of esters is 1. The standard InChI is InChI=1S/C8H12O3/c1-5-3-4-8(5)6(11-8)7(9)10-2/h5-6H,3-4H2,1-2H3. The molecule has 3 nitrogen and oxygen atoms in total. The fraction of sp³-hybridized carbons (Fsp3) is 0.875. The molecule has 0 N–H and O–H groups in total. The zero-order valence-corrected chi connectivity index (χ0v) is 6.79. The van der Waals surface area contributed by atoms with Crippen molar-refractivity contribution < 1.29 is 14.3 Å².